The topological polar surface area (TPSA) is 64.1 Å². The number of carbonyl (C=O) groups is 2. The van der Waals surface area contributed by atoms with Gasteiger partial charge in [-0.3, -0.25) is 14.5 Å². The molecule has 2 fully saturated rings. The van der Waals surface area contributed by atoms with Gasteiger partial charge in [0.15, 0.2) is 0 Å². The molecule has 0 aromatic heterocycles. The van der Waals surface area contributed by atoms with E-state index < -0.39 is 0 Å². The normalized spacial score (nSPS) is 19.2. The Labute approximate surface area is 155 Å². The van der Waals surface area contributed by atoms with E-state index in [2.05, 4.69) is 4.90 Å². The fourth-order valence-corrected chi connectivity index (χ4v) is 3.70. The Morgan fingerprint density at radius 3 is 2.08 bits per heavy atom. The summed E-state index contributed by atoms with van der Waals surface area (Å²) in [5.41, 5.74) is 0.663. The Balaban J connectivity index is 1.44. The van der Waals surface area contributed by atoms with Gasteiger partial charge < -0.3 is 14.9 Å². The van der Waals surface area contributed by atoms with Crippen molar-refractivity contribution in [3.8, 4) is 5.75 Å². The van der Waals surface area contributed by atoms with Crippen LogP contribution in [0.3, 0.4) is 0 Å². The number of carbonyl (C=O) groups excluding carboxylic acids is 2. The molecule has 0 saturated carbocycles. The number of benzene rings is 1. The van der Waals surface area contributed by atoms with Crippen molar-refractivity contribution in [2.24, 2.45) is 0 Å². The van der Waals surface area contributed by atoms with Crippen LogP contribution in [-0.4, -0.2) is 77.4 Å². The number of aromatic hydroxyl groups is 1. The Bertz CT molecular complexity index is 618. The third-order valence-corrected chi connectivity index (χ3v) is 5.38. The molecule has 6 nitrogen and oxygen atoms in total. The quantitative estimate of drug-likeness (QED) is 0.885. The molecule has 2 amide bonds. The highest BCUT2D eigenvalue weighted by Gasteiger charge is 2.24. The van der Waals surface area contributed by atoms with E-state index in [-0.39, 0.29) is 24.0 Å². The number of nitrogens with zero attached hydrogens (tertiary/aromatic N) is 3. The molecule has 0 spiro atoms. The second-order valence-electron chi connectivity index (χ2n) is 7.26. The van der Waals surface area contributed by atoms with Gasteiger partial charge in [-0.1, -0.05) is 31.0 Å². The Morgan fingerprint density at radius 1 is 0.808 bits per heavy atom. The predicted molar refractivity (Wildman–Crippen MR) is 99.9 cm³/mol. The molecule has 1 aromatic carbocycles. The largest absolute Gasteiger partial charge is 0.508 e. The van der Waals surface area contributed by atoms with E-state index in [0.717, 1.165) is 39.0 Å². The Kier molecular flexibility index (Phi) is 6.50. The zero-order valence-electron chi connectivity index (χ0n) is 15.4. The molecule has 2 saturated heterocycles. The van der Waals surface area contributed by atoms with Crippen LogP contribution >= 0.6 is 0 Å². The average molecular weight is 359 g/mol. The molecule has 2 aliphatic heterocycles. The van der Waals surface area contributed by atoms with Crippen LogP contribution in [0.5, 0.6) is 5.75 Å². The fourth-order valence-electron chi connectivity index (χ4n) is 3.70. The summed E-state index contributed by atoms with van der Waals surface area (Å²) in [5, 5.41) is 9.82. The summed E-state index contributed by atoms with van der Waals surface area (Å²) in [6.45, 7) is 4.97. The highest BCUT2D eigenvalue weighted by Crippen LogP contribution is 2.17. The number of phenols is 1. The van der Waals surface area contributed by atoms with Gasteiger partial charge in [-0.05, 0) is 18.9 Å². The van der Waals surface area contributed by atoms with E-state index in [4.69, 9.17) is 0 Å². The minimum atomic E-state index is 0.0324. The van der Waals surface area contributed by atoms with Gasteiger partial charge in [-0.15, -0.1) is 0 Å². The number of hydrogen-bond donors (Lipinski definition) is 1. The van der Waals surface area contributed by atoms with Crippen molar-refractivity contribution in [2.75, 3.05) is 45.8 Å². The molecule has 2 heterocycles. The van der Waals surface area contributed by atoms with Crippen molar-refractivity contribution >= 4 is 11.8 Å². The fraction of sp³-hybridized carbons (Fsp3) is 0.600. The maximum Gasteiger partial charge on any atom is 0.236 e. The van der Waals surface area contributed by atoms with Crippen LogP contribution in [0, 0.1) is 0 Å². The summed E-state index contributed by atoms with van der Waals surface area (Å²) >= 11 is 0. The van der Waals surface area contributed by atoms with Crippen molar-refractivity contribution in [3.05, 3.63) is 29.8 Å². The van der Waals surface area contributed by atoms with Crippen LogP contribution in [0.15, 0.2) is 24.3 Å². The van der Waals surface area contributed by atoms with Gasteiger partial charge in [0, 0.05) is 44.8 Å². The molecule has 1 aromatic rings. The molecule has 0 unspecified atom stereocenters. The molecule has 1 N–H and O–H groups in total. The molecular formula is C20H29N3O3. The third kappa shape index (κ3) is 4.97. The summed E-state index contributed by atoms with van der Waals surface area (Å²) in [7, 11) is 0. The van der Waals surface area contributed by atoms with Gasteiger partial charge in [-0.2, -0.15) is 0 Å². The summed E-state index contributed by atoms with van der Waals surface area (Å²) in [6, 6.07) is 6.97. The van der Waals surface area contributed by atoms with Crippen molar-refractivity contribution in [2.45, 2.75) is 32.1 Å². The summed E-state index contributed by atoms with van der Waals surface area (Å²) in [4.78, 5) is 30.9. The summed E-state index contributed by atoms with van der Waals surface area (Å²) in [5.74, 6) is 0.424. The second-order valence-corrected chi connectivity index (χ2v) is 7.26. The maximum absolute atomic E-state index is 12.5. The van der Waals surface area contributed by atoms with E-state index >= 15 is 0 Å². The zero-order valence-corrected chi connectivity index (χ0v) is 15.4. The number of rotatable bonds is 4. The van der Waals surface area contributed by atoms with E-state index in [1.54, 1.807) is 18.2 Å². The number of para-hydroxylation sites is 1. The number of phenolic OH excluding ortho intramolecular Hbond substituents is 1. The monoisotopic (exact) mass is 359 g/mol. The SMILES string of the molecule is O=C(Cc1ccccc1O)N1CCN(CC(=O)N2CCCCCC2)CC1. The Morgan fingerprint density at radius 2 is 1.42 bits per heavy atom. The first-order valence-electron chi connectivity index (χ1n) is 9.68. The molecule has 0 aliphatic carbocycles. The zero-order chi connectivity index (χ0) is 18.4. The lowest BCUT2D eigenvalue weighted by Gasteiger charge is -2.35. The summed E-state index contributed by atoms with van der Waals surface area (Å²) < 4.78 is 0. The van der Waals surface area contributed by atoms with Crippen LogP contribution < -0.4 is 0 Å². The number of piperazine rings is 1. The van der Waals surface area contributed by atoms with Crippen molar-refractivity contribution in [3.63, 3.8) is 0 Å². The van der Waals surface area contributed by atoms with E-state index in [1.165, 1.54) is 12.8 Å². The first kappa shape index (κ1) is 18.7. The molecule has 6 heteroatoms. The minimum Gasteiger partial charge on any atom is -0.508 e. The van der Waals surface area contributed by atoms with Gasteiger partial charge in [-0.25, -0.2) is 0 Å². The first-order valence-corrected chi connectivity index (χ1v) is 9.68. The lowest BCUT2D eigenvalue weighted by molar-refractivity contribution is -0.134. The van der Waals surface area contributed by atoms with E-state index in [1.807, 2.05) is 15.9 Å². The maximum atomic E-state index is 12.5. The summed E-state index contributed by atoms with van der Waals surface area (Å²) in [6.07, 6.45) is 4.89. The number of likely N-dealkylation sites (tertiary alicyclic amines) is 1. The van der Waals surface area contributed by atoms with E-state index in [9.17, 15) is 14.7 Å². The number of amides is 2. The predicted octanol–water partition coefficient (Wildman–Crippen LogP) is 1.48. The van der Waals surface area contributed by atoms with Gasteiger partial charge in [0.1, 0.15) is 5.75 Å². The van der Waals surface area contributed by atoms with Crippen molar-refractivity contribution in [1.29, 1.82) is 0 Å². The molecule has 0 radical (unpaired) electrons. The molecule has 26 heavy (non-hydrogen) atoms. The second kappa shape index (κ2) is 9.03. The van der Waals surface area contributed by atoms with Gasteiger partial charge in [0.2, 0.25) is 11.8 Å². The van der Waals surface area contributed by atoms with Crippen LogP contribution in [0.1, 0.15) is 31.2 Å². The van der Waals surface area contributed by atoms with Gasteiger partial charge in [0.25, 0.3) is 0 Å². The highest BCUT2D eigenvalue weighted by atomic mass is 16.3. The highest BCUT2D eigenvalue weighted by molar-refractivity contribution is 5.80. The molecule has 142 valence electrons. The molecule has 2 aliphatic rings. The lowest BCUT2D eigenvalue weighted by atomic mass is 10.1. The van der Waals surface area contributed by atoms with Crippen LogP contribution in [0.2, 0.25) is 0 Å². The molecule has 0 atom stereocenters. The Hall–Kier alpha value is -2.08. The van der Waals surface area contributed by atoms with Crippen LogP contribution in [-0.2, 0) is 16.0 Å². The molecule has 0 bridgehead atoms. The smallest absolute Gasteiger partial charge is 0.236 e. The molecule has 3 rings (SSSR count). The van der Waals surface area contributed by atoms with Crippen LogP contribution in [0.25, 0.3) is 0 Å². The average Bonchev–Trinajstić information content (AvgIpc) is 2.94. The standard InChI is InChI=1S/C20H29N3O3/c24-18-8-4-3-7-17(18)15-19(25)23-13-11-21(12-14-23)16-20(26)22-9-5-1-2-6-10-22/h3-4,7-8,24H,1-2,5-6,9-16H2. The van der Waals surface area contributed by atoms with E-state index in [0.29, 0.717) is 25.2 Å². The lowest BCUT2D eigenvalue weighted by Crippen LogP contribution is -2.52. The van der Waals surface area contributed by atoms with Crippen molar-refractivity contribution < 1.29 is 14.7 Å². The van der Waals surface area contributed by atoms with Crippen LogP contribution in [0.4, 0.5) is 0 Å². The third-order valence-electron chi connectivity index (χ3n) is 5.38. The number of hydrogen-bond acceptors (Lipinski definition) is 4. The first-order chi connectivity index (χ1) is 12.6. The van der Waals surface area contributed by atoms with Crippen molar-refractivity contribution in [1.82, 2.24) is 14.7 Å². The minimum absolute atomic E-state index is 0.0324. The van der Waals surface area contributed by atoms with Gasteiger partial charge >= 0.3 is 0 Å². The van der Waals surface area contributed by atoms with Gasteiger partial charge in [0.05, 0.1) is 13.0 Å². The molecular weight excluding hydrogens is 330 g/mol.